The van der Waals surface area contributed by atoms with Gasteiger partial charge in [-0.2, -0.15) is 0 Å². The highest BCUT2D eigenvalue weighted by molar-refractivity contribution is 5.74. The van der Waals surface area contributed by atoms with Crippen LogP contribution in [0, 0.1) is 5.92 Å². The van der Waals surface area contributed by atoms with E-state index in [2.05, 4.69) is 22.6 Å². The van der Waals surface area contributed by atoms with E-state index in [1.165, 1.54) is 0 Å². The first-order valence-corrected chi connectivity index (χ1v) is 8.40. The van der Waals surface area contributed by atoms with Crippen molar-refractivity contribution in [2.24, 2.45) is 5.92 Å². The molecular formula is C16H31N3O3. The van der Waals surface area contributed by atoms with E-state index in [-0.39, 0.29) is 18.2 Å². The molecule has 1 aliphatic carbocycles. The second kappa shape index (κ2) is 8.70. The number of carbonyl (C=O) groups excluding carboxylic acids is 1. The number of ether oxygens (including phenoxy) is 2. The predicted octanol–water partition coefficient (Wildman–Crippen LogP) is 1.21. The van der Waals surface area contributed by atoms with Gasteiger partial charge >= 0.3 is 6.03 Å². The lowest BCUT2D eigenvalue weighted by molar-refractivity contribution is -0.0697. The third-order valence-corrected chi connectivity index (χ3v) is 5.05. The summed E-state index contributed by atoms with van der Waals surface area (Å²) >= 11 is 0. The summed E-state index contributed by atoms with van der Waals surface area (Å²) in [6.45, 7) is 2.83. The Kier molecular flexibility index (Phi) is 6.92. The molecule has 1 aliphatic heterocycles. The van der Waals surface area contributed by atoms with Gasteiger partial charge in [-0.1, -0.05) is 0 Å². The number of urea groups is 1. The van der Waals surface area contributed by atoms with E-state index in [1.807, 2.05) is 0 Å². The number of nitrogens with one attached hydrogen (secondary N) is 2. The van der Waals surface area contributed by atoms with Crippen LogP contribution in [-0.4, -0.2) is 70.1 Å². The van der Waals surface area contributed by atoms with Crippen molar-refractivity contribution in [3.63, 3.8) is 0 Å². The average Bonchev–Trinajstić information content (AvgIpc) is 2.54. The summed E-state index contributed by atoms with van der Waals surface area (Å²) in [6.07, 6.45) is 5.43. The van der Waals surface area contributed by atoms with Crippen LogP contribution in [0.5, 0.6) is 0 Å². The van der Waals surface area contributed by atoms with Crippen molar-refractivity contribution in [3.05, 3.63) is 0 Å². The molecule has 6 heteroatoms. The molecule has 22 heavy (non-hydrogen) atoms. The Morgan fingerprint density at radius 3 is 2.41 bits per heavy atom. The summed E-state index contributed by atoms with van der Waals surface area (Å²) in [5.74, 6) is 0.472. The Labute approximate surface area is 133 Å². The topological polar surface area (TPSA) is 62.8 Å². The molecule has 0 aromatic rings. The van der Waals surface area contributed by atoms with E-state index in [0.717, 1.165) is 51.7 Å². The molecule has 2 aliphatic rings. The fourth-order valence-electron chi connectivity index (χ4n) is 3.51. The number of hydrogen-bond donors (Lipinski definition) is 2. The molecule has 0 aromatic carbocycles. The third-order valence-electron chi connectivity index (χ3n) is 5.05. The van der Waals surface area contributed by atoms with Crippen molar-refractivity contribution >= 4 is 6.03 Å². The van der Waals surface area contributed by atoms with E-state index >= 15 is 0 Å². The van der Waals surface area contributed by atoms with Crippen LogP contribution < -0.4 is 10.6 Å². The first kappa shape index (κ1) is 17.5. The summed E-state index contributed by atoms with van der Waals surface area (Å²) < 4.78 is 11.0. The molecule has 0 spiro atoms. The zero-order valence-corrected chi connectivity index (χ0v) is 14.1. The monoisotopic (exact) mass is 313 g/mol. The van der Waals surface area contributed by atoms with Gasteiger partial charge in [0, 0.05) is 26.8 Å². The molecule has 0 bridgehead atoms. The van der Waals surface area contributed by atoms with Gasteiger partial charge in [0.25, 0.3) is 0 Å². The summed E-state index contributed by atoms with van der Waals surface area (Å²) in [6, 6.07) is 0.282. The molecule has 0 radical (unpaired) electrons. The minimum atomic E-state index is -0.0302. The summed E-state index contributed by atoms with van der Waals surface area (Å²) in [5, 5.41) is 6.12. The highest BCUT2D eigenvalue weighted by Gasteiger charge is 2.30. The summed E-state index contributed by atoms with van der Waals surface area (Å²) in [7, 11) is 5.60. The third kappa shape index (κ3) is 5.11. The molecule has 6 nitrogen and oxygen atoms in total. The number of amides is 2. The Bertz CT molecular complexity index is 346. The number of carbonyl (C=O) groups is 1. The van der Waals surface area contributed by atoms with Crippen LogP contribution in [0.15, 0.2) is 0 Å². The van der Waals surface area contributed by atoms with Gasteiger partial charge in [0.05, 0.1) is 12.2 Å². The highest BCUT2D eigenvalue weighted by Crippen LogP contribution is 2.27. The fourth-order valence-corrected chi connectivity index (χ4v) is 3.51. The minimum Gasteiger partial charge on any atom is -0.379 e. The molecule has 1 heterocycles. The lowest BCUT2D eigenvalue weighted by Crippen LogP contribution is -2.48. The Morgan fingerprint density at radius 1 is 1.09 bits per heavy atom. The van der Waals surface area contributed by atoms with Gasteiger partial charge in [-0.15, -0.1) is 0 Å². The van der Waals surface area contributed by atoms with Crippen LogP contribution in [0.2, 0.25) is 0 Å². The molecule has 0 aromatic heterocycles. The molecule has 2 rings (SSSR count). The second-order valence-corrected chi connectivity index (χ2v) is 6.66. The minimum absolute atomic E-state index is 0.0302. The number of likely N-dealkylation sites (tertiary alicyclic amines) is 1. The summed E-state index contributed by atoms with van der Waals surface area (Å²) in [4.78, 5) is 14.3. The smallest absolute Gasteiger partial charge is 0.315 e. The van der Waals surface area contributed by atoms with Gasteiger partial charge in [0.15, 0.2) is 0 Å². The number of rotatable bonds is 5. The SMILES string of the molecule is COC1CCC(CNC(=O)NC2CCN(C)CC2)CC1OC. The molecule has 2 amide bonds. The first-order valence-electron chi connectivity index (χ1n) is 8.40. The van der Waals surface area contributed by atoms with Crippen molar-refractivity contribution < 1.29 is 14.3 Å². The summed E-state index contributed by atoms with van der Waals surface area (Å²) in [5.41, 5.74) is 0. The zero-order chi connectivity index (χ0) is 15.9. The van der Waals surface area contributed by atoms with E-state index in [4.69, 9.17) is 9.47 Å². The van der Waals surface area contributed by atoms with E-state index in [0.29, 0.717) is 12.0 Å². The maximum absolute atomic E-state index is 12.0. The average molecular weight is 313 g/mol. The quantitative estimate of drug-likeness (QED) is 0.801. The van der Waals surface area contributed by atoms with E-state index in [1.54, 1.807) is 14.2 Å². The maximum atomic E-state index is 12.0. The van der Waals surface area contributed by atoms with Crippen LogP contribution in [0.1, 0.15) is 32.1 Å². The van der Waals surface area contributed by atoms with Crippen molar-refractivity contribution in [1.82, 2.24) is 15.5 Å². The molecule has 3 unspecified atom stereocenters. The highest BCUT2D eigenvalue weighted by atomic mass is 16.5. The maximum Gasteiger partial charge on any atom is 0.315 e. The van der Waals surface area contributed by atoms with Gasteiger partial charge < -0.3 is 25.0 Å². The molecule has 128 valence electrons. The standard InChI is InChI=1S/C16H31N3O3/c1-19-8-6-13(7-9-19)18-16(20)17-11-12-4-5-14(21-2)15(10-12)22-3/h12-15H,4-11H2,1-3H3,(H2,17,18,20). The first-order chi connectivity index (χ1) is 10.6. The molecular weight excluding hydrogens is 282 g/mol. The van der Waals surface area contributed by atoms with Crippen LogP contribution >= 0.6 is 0 Å². The van der Waals surface area contributed by atoms with Crippen LogP contribution in [-0.2, 0) is 9.47 Å². The normalized spacial score (nSPS) is 31.0. The molecule has 1 saturated carbocycles. The number of methoxy groups -OCH3 is 2. The van der Waals surface area contributed by atoms with Crippen molar-refractivity contribution in [1.29, 1.82) is 0 Å². The molecule has 2 N–H and O–H groups in total. The van der Waals surface area contributed by atoms with Gasteiger partial charge in [-0.3, -0.25) is 0 Å². The number of piperidine rings is 1. The lowest BCUT2D eigenvalue weighted by atomic mass is 9.85. The largest absolute Gasteiger partial charge is 0.379 e. The van der Waals surface area contributed by atoms with E-state index in [9.17, 15) is 4.79 Å². The number of hydrogen-bond acceptors (Lipinski definition) is 4. The van der Waals surface area contributed by atoms with Gasteiger partial charge in [0.2, 0.25) is 0 Å². The molecule has 1 saturated heterocycles. The Morgan fingerprint density at radius 2 is 1.77 bits per heavy atom. The van der Waals surface area contributed by atoms with Crippen molar-refractivity contribution in [3.8, 4) is 0 Å². The Balaban J connectivity index is 1.66. The van der Waals surface area contributed by atoms with Crippen molar-refractivity contribution in [2.75, 3.05) is 40.9 Å². The number of nitrogens with zero attached hydrogens (tertiary/aromatic N) is 1. The zero-order valence-electron chi connectivity index (χ0n) is 14.1. The van der Waals surface area contributed by atoms with Crippen molar-refractivity contribution in [2.45, 2.75) is 50.4 Å². The van der Waals surface area contributed by atoms with Crippen LogP contribution in [0.4, 0.5) is 4.79 Å². The van der Waals surface area contributed by atoms with Crippen LogP contribution in [0.3, 0.4) is 0 Å². The lowest BCUT2D eigenvalue weighted by Gasteiger charge is -2.34. The molecule has 2 fully saturated rings. The van der Waals surface area contributed by atoms with Gasteiger partial charge in [-0.25, -0.2) is 4.79 Å². The fraction of sp³-hybridized carbons (Fsp3) is 0.938. The van der Waals surface area contributed by atoms with E-state index < -0.39 is 0 Å². The van der Waals surface area contributed by atoms with Gasteiger partial charge in [0.1, 0.15) is 0 Å². The predicted molar refractivity (Wildman–Crippen MR) is 86.0 cm³/mol. The van der Waals surface area contributed by atoms with Gasteiger partial charge in [-0.05, 0) is 58.2 Å². The Hall–Kier alpha value is -0.850. The second-order valence-electron chi connectivity index (χ2n) is 6.66. The van der Waals surface area contributed by atoms with Crippen LogP contribution in [0.25, 0.3) is 0 Å². The molecule has 3 atom stereocenters.